The van der Waals surface area contributed by atoms with E-state index >= 15 is 0 Å². The Balaban J connectivity index is 3.24. The molecule has 5 nitrogen and oxygen atoms in total. The summed E-state index contributed by atoms with van der Waals surface area (Å²) >= 11 is 0. The molecule has 0 unspecified atom stereocenters. The van der Waals surface area contributed by atoms with Gasteiger partial charge in [0.05, 0.1) is 11.3 Å². The third-order valence-corrected chi connectivity index (χ3v) is 2.48. The molecule has 0 bridgehead atoms. The summed E-state index contributed by atoms with van der Waals surface area (Å²) in [4.78, 5) is 19.2. The first kappa shape index (κ1) is 12.6. The van der Waals surface area contributed by atoms with Gasteiger partial charge in [0.15, 0.2) is 5.82 Å². The topological polar surface area (TPSA) is 72.3 Å². The fraction of sp³-hybridized carbons (Fsp3) is 0.545. The molecule has 1 rings (SSSR count). The third-order valence-electron chi connectivity index (χ3n) is 2.48. The highest BCUT2D eigenvalue weighted by molar-refractivity contribution is 5.88. The van der Waals surface area contributed by atoms with E-state index in [2.05, 4.69) is 9.97 Å². The van der Waals surface area contributed by atoms with Gasteiger partial charge in [0.25, 0.3) is 0 Å². The summed E-state index contributed by atoms with van der Waals surface area (Å²) in [5, 5.41) is 8.94. The number of methoxy groups -OCH3 is 1. The summed E-state index contributed by atoms with van der Waals surface area (Å²) in [6.07, 6.45) is 1.89. The van der Waals surface area contributed by atoms with Crippen molar-refractivity contribution in [3.05, 3.63) is 23.3 Å². The summed E-state index contributed by atoms with van der Waals surface area (Å²) in [6.45, 7) is 5.53. The first-order valence-corrected chi connectivity index (χ1v) is 5.07. The Morgan fingerprint density at radius 1 is 1.56 bits per heavy atom. The van der Waals surface area contributed by atoms with E-state index in [1.54, 1.807) is 7.11 Å². The molecule has 0 aliphatic carbocycles. The monoisotopic (exact) mass is 224 g/mol. The van der Waals surface area contributed by atoms with Gasteiger partial charge >= 0.3 is 5.97 Å². The number of aryl methyl sites for hydroxylation is 1. The predicted octanol–water partition coefficient (Wildman–Crippen LogP) is 1.62. The highest BCUT2D eigenvalue weighted by Gasteiger charge is 2.24. The Bertz CT molecular complexity index is 402. The molecule has 0 aliphatic rings. The van der Waals surface area contributed by atoms with Crippen LogP contribution in [0.5, 0.6) is 0 Å². The normalized spacial score (nSPS) is 11.5. The van der Waals surface area contributed by atoms with Crippen LogP contribution in [0, 0.1) is 0 Å². The van der Waals surface area contributed by atoms with Crippen molar-refractivity contribution in [2.45, 2.75) is 32.8 Å². The van der Waals surface area contributed by atoms with Crippen LogP contribution in [-0.2, 0) is 16.8 Å². The number of hydrogen-bond acceptors (Lipinski definition) is 4. The molecule has 1 heterocycles. The van der Waals surface area contributed by atoms with Crippen LogP contribution in [0.25, 0.3) is 0 Å². The Hall–Kier alpha value is -1.49. The molecule has 0 aromatic carbocycles. The predicted molar refractivity (Wildman–Crippen MR) is 58.4 cm³/mol. The fourth-order valence-corrected chi connectivity index (χ4v) is 1.25. The van der Waals surface area contributed by atoms with Crippen molar-refractivity contribution in [1.82, 2.24) is 9.97 Å². The minimum absolute atomic E-state index is 0.151. The highest BCUT2D eigenvalue weighted by atomic mass is 16.5. The first-order valence-electron chi connectivity index (χ1n) is 5.07. The van der Waals surface area contributed by atoms with Crippen LogP contribution < -0.4 is 0 Å². The van der Waals surface area contributed by atoms with Crippen molar-refractivity contribution in [3.63, 3.8) is 0 Å². The van der Waals surface area contributed by atoms with Gasteiger partial charge in [-0.3, -0.25) is 0 Å². The minimum atomic E-state index is -1.00. The highest BCUT2D eigenvalue weighted by Crippen LogP contribution is 2.20. The van der Waals surface area contributed by atoms with Gasteiger partial charge in [-0.25, -0.2) is 14.8 Å². The van der Waals surface area contributed by atoms with Crippen LogP contribution in [0.3, 0.4) is 0 Å². The number of carboxylic acids is 1. The summed E-state index contributed by atoms with van der Waals surface area (Å²) in [7, 11) is 1.57. The number of ether oxygens (including phenoxy) is 1. The third kappa shape index (κ3) is 2.36. The number of carboxylic acid groups (broad SMARTS) is 1. The molecular formula is C11H16N2O3. The molecular weight excluding hydrogens is 208 g/mol. The molecule has 16 heavy (non-hydrogen) atoms. The Morgan fingerprint density at radius 3 is 2.62 bits per heavy atom. The number of aromatic nitrogens is 2. The molecule has 0 atom stereocenters. The molecule has 0 saturated heterocycles. The molecule has 0 saturated carbocycles. The van der Waals surface area contributed by atoms with Crippen molar-refractivity contribution in [2.75, 3.05) is 7.11 Å². The SMILES string of the molecule is CCc1nc(C(C)(C)OC)ncc1C(=O)O. The largest absolute Gasteiger partial charge is 0.478 e. The summed E-state index contributed by atoms with van der Waals surface area (Å²) in [6, 6.07) is 0. The molecule has 88 valence electrons. The minimum Gasteiger partial charge on any atom is -0.478 e. The van der Waals surface area contributed by atoms with E-state index in [9.17, 15) is 4.79 Å². The van der Waals surface area contributed by atoms with Gasteiger partial charge in [0.1, 0.15) is 5.60 Å². The van der Waals surface area contributed by atoms with Crippen molar-refractivity contribution in [3.8, 4) is 0 Å². The molecule has 0 radical (unpaired) electrons. The van der Waals surface area contributed by atoms with E-state index in [0.29, 0.717) is 17.9 Å². The summed E-state index contributed by atoms with van der Waals surface area (Å²) < 4.78 is 5.25. The molecule has 5 heteroatoms. The van der Waals surface area contributed by atoms with E-state index in [-0.39, 0.29) is 5.56 Å². The van der Waals surface area contributed by atoms with E-state index < -0.39 is 11.6 Å². The second kappa shape index (κ2) is 4.57. The fourth-order valence-electron chi connectivity index (χ4n) is 1.25. The Morgan fingerprint density at radius 2 is 2.19 bits per heavy atom. The molecule has 1 aromatic rings. The number of nitrogens with zero attached hydrogens (tertiary/aromatic N) is 2. The standard InChI is InChI=1S/C11H16N2O3/c1-5-8-7(9(14)15)6-12-10(13-8)11(2,3)16-4/h6H,5H2,1-4H3,(H,14,15). The first-order chi connectivity index (χ1) is 7.42. The maximum atomic E-state index is 10.9. The van der Waals surface area contributed by atoms with Gasteiger partial charge in [0.2, 0.25) is 0 Å². The van der Waals surface area contributed by atoms with E-state index in [1.165, 1.54) is 6.20 Å². The number of hydrogen-bond donors (Lipinski definition) is 1. The molecule has 1 N–H and O–H groups in total. The molecule has 0 aliphatic heterocycles. The van der Waals surface area contributed by atoms with Gasteiger partial charge in [0, 0.05) is 13.3 Å². The lowest BCUT2D eigenvalue weighted by molar-refractivity contribution is 0.0111. The van der Waals surface area contributed by atoms with E-state index in [0.717, 1.165) is 0 Å². The Kier molecular flexibility index (Phi) is 3.59. The van der Waals surface area contributed by atoms with E-state index in [4.69, 9.17) is 9.84 Å². The summed E-state index contributed by atoms with van der Waals surface area (Å²) in [5.41, 5.74) is 0.0711. The van der Waals surface area contributed by atoms with Crippen LogP contribution >= 0.6 is 0 Å². The smallest absolute Gasteiger partial charge is 0.339 e. The zero-order valence-electron chi connectivity index (χ0n) is 9.94. The maximum Gasteiger partial charge on any atom is 0.339 e. The van der Waals surface area contributed by atoms with Gasteiger partial charge < -0.3 is 9.84 Å². The lowest BCUT2D eigenvalue weighted by Gasteiger charge is -2.21. The average molecular weight is 224 g/mol. The van der Waals surface area contributed by atoms with Gasteiger partial charge in [-0.2, -0.15) is 0 Å². The molecule has 1 aromatic heterocycles. The van der Waals surface area contributed by atoms with Crippen molar-refractivity contribution in [2.24, 2.45) is 0 Å². The molecule has 0 spiro atoms. The van der Waals surface area contributed by atoms with Gasteiger partial charge in [-0.05, 0) is 20.3 Å². The van der Waals surface area contributed by atoms with Crippen molar-refractivity contribution in [1.29, 1.82) is 0 Å². The van der Waals surface area contributed by atoms with Crippen LogP contribution in [0.15, 0.2) is 6.20 Å². The van der Waals surface area contributed by atoms with Crippen molar-refractivity contribution < 1.29 is 14.6 Å². The van der Waals surface area contributed by atoms with Crippen LogP contribution in [0.4, 0.5) is 0 Å². The summed E-state index contributed by atoms with van der Waals surface area (Å²) in [5.74, 6) is -0.504. The van der Waals surface area contributed by atoms with Crippen LogP contribution in [-0.4, -0.2) is 28.2 Å². The lowest BCUT2D eigenvalue weighted by Crippen LogP contribution is -2.24. The number of rotatable bonds is 4. The van der Waals surface area contributed by atoms with Gasteiger partial charge in [-0.1, -0.05) is 6.92 Å². The second-order valence-electron chi connectivity index (χ2n) is 3.93. The number of carbonyl (C=O) groups is 1. The zero-order chi connectivity index (χ0) is 12.3. The zero-order valence-corrected chi connectivity index (χ0v) is 9.94. The molecule has 0 amide bonds. The van der Waals surface area contributed by atoms with Gasteiger partial charge in [-0.15, -0.1) is 0 Å². The Labute approximate surface area is 94.5 Å². The lowest BCUT2D eigenvalue weighted by atomic mass is 10.1. The maximum absolute atomic E-state index is 10.9. The number of aromatic carboxylic acids is 1. The van der Waals surface area contributed by atoms with Crippen LogP contribution in [0.2, 0.25) is 0 Å². The van der Waals surface area contributed by atoms with Crippen LogP contribution in [0.1, 0.15) is 42.6 Å². The van der Waals surface area contributed by atoms with E-state index in [1.807, 2.05) is 20.8 Å². The average Bonchev–Trinajstić information content (AvgIpc) is 2.27. The molecule has 0 fully saturated rings. The quantitative estimate of drug-likeness (QED) is 0.841. The second-order valence-corrected chi connectivity index (χ2v) is 3.93. The van der Waals surface area contributed by atoms with Crippen molar-refractivity contribution >= 4 is 5.97 Å².